The summed E-state index contributed by atoms with van der Waals surface area (Å²) in [6.07, 6.45) is 3.54. The maximum absolute atomic E-state index is 12.1. The molecule has 1 aliphatic carbocycles. The first-order valence-corrected chi connectivity index (χ1v) is 6.64. The first-order chi connectivity index (χ1) is 9.49. The number of halogens is 1. The normalized spacial score (nSPS) is 22.3. The average Bonchev–Trinajstić information content (AvgIpc) is 2.37. The molecule has 0 aromatic carbocycles. The molecule has 108 valence electrons. The Hall–Kier alpha value is -1.73. The zero-order valence-corrected chi connectivity index (χ0v) is 11.3. The second kappa shape index (κ2) is 6.15. The van der Waals surface area contributed by atoms with Gasteiger partial charge in [0.25, 0.3) is 5.91 Å². The van der Waals surface area contributed by atoms with Gasteiger partial charge in [-0.2, -0.15) is 0 Å². The van der Waals surface area contributed by atoms with Gasteiger partial charge in [-0.1, -0.05) is 11.6 Å². The van der Waals surface area contributed by atoms with E-state index in [1.165, 1.54) is 12.3 Å². The van der Waals surface area contributed by atoms with Crippen molar-refractivity contribution in [1.29, 1.82) is 0 Å². The minimum atomic E-state index is -0.722. The van der Waals surface area contributed by atoms with Gasteiger partial charge < -0.3 is 10.4 Å². The van der Waals surface area contributed by atoms with Gasteiger partial charge >= 0.3 is 5.69 Å². The lowest BCUT2D eigenvalue weighted by Crippen LogP contribution is -2.40. The van der Waals surface area contributed by atoms with Crippen LogP contribution in [0.2, 0.25) is 5.15 Å². The predicted octanol–water partition coefficient (Wildman–Crippen LogP) is 1.68. The molecule has 2 unspecified atom stereocenters. The summed E-state index contributed by atoms with van der Waals surface area (Å²) in [5.74, 6) is -0.569. The Morgan fingerprint density at radius 3 is 2.95 bits per heavy atom. The molecule has 2 N–H and O–H groups in total. The average molecular weight is 300 g/mol. The molecule has 1 saturated carbocycles. The number of hydrogen-bond donors (Lipinski definition) is 2. The second-order valence-electron chi connectivity index (χ2n) is 4.75. The lowest BCUT2D eigenvalue weighted by atomic mass is 9.93. The van der Waals surface area contributed by atoms with E-state index in [4.69, 9.17) is 11.6 Å². The second-order valence-corrected chi connectivity index (χ2v) is 5.10. The van der Waals surface area contributed by atoms with Gasteiger partial charge in [-0.25, -0.2) is 4.98 Å². The number of nitro groups is 1. The fourth-order valence-electron chi connectivity index (χ4n) is 2.34. The minimum Gasteiger partial charge on any atom is -0.393 e. The van der Waals surface area contributed by atoms with E-state index in [2.05, 4.69) is 10.3 Å². The molecule has 0 saturated heterocycles. The van der Waals surface area contributed by atoms with Crippen molar-refractivity contribution in [3.8, 4) is 0 Å². The zero-order valence-electron chi connectivity index (χ0n) is 10.6. The highest BCUT2D eigenvalue weighted by molar-refractivity contribution is 6.32. The van der Waals surface area contributed by atoms with Crippen molar-refractivity contribution in [1.82, 2.24) is 10.3 Å². The molecule has 2 atom stereocenters. The number of aliphatic hydroxyl groups is 1. The van der Waals surface area contributed by atoms with Crippen molar-refractivity contribution in [2.75, 3.05) is 0 Å². The van der Waals surface area contributed by atoms with Crippen molar-refractivity contribution in [3.05, 3.63) is 33.1 Å². The molecule has 1 fully saturated rings. The van der Waals surface area contributed by atoms with Gasteiger partial charge in [0.2, 0.25) is 5.15 Å². The van der Waals surface area contributed by atoms with E-state index in [1.54, 1.807) is 0 Å². The lowest BCUT2D eigenvalue weighted by Gasteiger charge is -2.26. The summed E-state index contributed by atoms with van der Waals surface area (Å²) in [7, 11) is 0. The van der Waals surface area contributed by atoms with Crippen LogP contribution in [0.1, 0.15) is 36.0 Å². The molecule has 1 amide bonds. The van der Waals surface area contributed by atoms with Crippen LogP contribution < -0.4 is 5.32 Å². The maximum Gasteiger partial charge on any atom is 0.319 e. The number of carbonyl (C=O) groups excluding carboxylic acids is 1. The summed E-state index contributed by atoms with van der Waals surface area (Å²) in [5.41, 5.74) is -0.613. The van der Waals surface area contributed by atoms with Crippen LogP contribution in [0.3, 0.4) is 0 Å². The van der Waals surface area contributed by atoms with Crippen molar-refractivity contribution in [2.24, 2.45) is 0 Å². The topological polar surface area (TPSA) is 105 Å². The number of aliphatic hydroxyl groups excluding tert-OH is 1. The van der Waals surface area contributed by atoms with Crippen LogP contribution in [0.4, 0.5) is 5.69 Å². The number of rotatable bonds is 3. The molecule has 0 aliphatic heterocycles. The van der Waals surface area contributed by atoms with Crippen LogP contribution in [0.5, 0.6) is 0 Å². The van der Waals surface area contributed by atoms with Crippen LogP contribution in [0.25, 0.3) is 0 Å². The van der Waals surface area contributed by atoms with Gasteiger partial charge in [0.05, 0.1) is 11.0 Å². The van der Waals surface area contributed by atoms with Crippen molar-refractivity contribution < 1.29 is 14.8 Å². The Bertz CT molecular complexity index is 537. The number of amides is 1. The largest absolute Gasteiger partial charge is 0.393 e. The highest BCUT2D eigenvalue weighted by Crippen LogP contribution is 2.26. The van der Waals surface area contributed by atoms with E-state index in [0.717, 1.165) is 12.8 Å². The highest BCUT2D eigenvalue weighted by atomic mass is 35.5. The molecule has 1 aliphatic rings. The molecule has 2 rings (SSSR count). The molecule has 20 heavy (non-hydrogen) atoms. The fourth-order valence-corrected chi connectivity index (χ4v) is 2.57. The highest BCUT2D eigenvalue weighted by Gasteiger charge is 2.28. The minimum absolute atomic E-state index is 0.116. The number of nitrogens with zero attached hydrogens (tertiary/aromatic N) is 2. The third-order valence-electron chi connectivity index (χ3n) is 3.29. The van der Waals surface area contributed by atoms with Crippen molar-refractivity contribution in [2.45, 2.75) is 37.8 Å². The van der Waals surface area contributed by atoms with Gasteiger partial charge in [-0.3, -0.25) is 14.9 Å². The molecule has 8 heteroatoms. The number of carbonyl (C=O) groups is 1. The molecule has 7 nitrogen and oxygen atoms in total. The predicted molar refractivity (Wildman–Crippen MR) is 71.6 cm³/mol. The quantitative estimate of drug-likeness (QED) is 0.502. The molecule has 1 aromatic heterocycles. The molecule has 0 bridgehead atoms. The molecular weight excluding hydrogens is 286 g/mol. The fraction of sp³-hybridized carbons (Fsp3) is 0.500. The van der Waals surface area contributed by atoms with E-state index in [9.17, 15) is 20.0 Å². The molecular formula is C12H14ClN3O4. The monoisotopic (exact) mass is 299 g/mol. The van der Waals surface area contributed by atoms with E-state index in [-0.39, 0.29) is 16.8 Å². The molecule has 0 spiro atoms. The molecule has 1 heterocycles. The lowest BCUT2D eigenvalue weighted by molar-refractivity contribution is -0.385. The van der Waals surface area contributed by atoms with Crippen LogP contribution in [-0.2, 0) is 0 Å². The number of aromatic nitrogens is 1. The third-order valence-corrected chi connectivity index (χ3v) is 3.57. The Morgan fingerprint density at radius 2 is 2.30 bits per heavy atom. The van der Waals surface area contributed by atoms with Gasteiger partial charge in [0.15, 0.2) is 0 Å². The number of hydrogen-bond acceptors (Lipinski definition) is 5. The van der Waals surface area contributed by atoms with Crippen molar-refractivity contribution in [3.63, 3.8) is 0 Å². The van der Waals surface area contributed by atoms with E-state index in [0.29, 0.717) is 12.8 Å². The summed E-state index contributed by atoms with van der Waals surface area (Å²) < 4.78 is 0. The van der Waals surface area contributed by atoms with Gasteiger partial charge in [-0.15, -0.1) is 0 Å². The van der Waals surface area contributed by atoms with Crippen LogP contribution in [0.15, 0.2) is 12.3 Å². The SMILES string of the molecule is O=C(NC1CCCC(O)C1)c1ccnc(Cl)c1[N+](=O)[O-]. The van der Waals surface area contributed by atoms with Crippen LogP contribution in [0, 0.1) is 10.1 Å². The van der Waals surface area contributed by atoms with Crippen molar-refractivity contribution >= 4 is 23.2 Å². The summed E-state index contributed by atoms with van der Waals surface area (Å²) in [5, 5.41) is 22.9. The van der Waals surface area contributed by atoms with Crippen LogP contribution >= 0.6 is 11.6 Å². The van der Waals surface area contributed by atoms with Gasteiger partial charge in [0.1, 0.15) is 5.56 Å². The Labute approximate surface area is 120 Å². The Balaban J connectivity index is 2.17. The Morgan fingerprint density at radius 1 is 1.55 bits per heavy atom. The number of pyridine rings is 1. The smallest absolute Gasteiger partial charge is 0.319 e. The third kappa shape index (κ3) is 3.23. The summed E-state index contributed by atoms with van der Waals surface area (Å²) in [4.78, 5) is 25.9. The van der Waals surface area contributed by atoms with E-state index >= 15 is 0 Å². The van der Waals surface area contributed by atoms with Gasteiger partial charge in [0, 0.05) is 12.2 Å². The van der Waals surface area contributed by atoms with Gasteiger partial charge in [-0.05, 0) is 31.7 Å². The Kier molecular flexibility index (Phi) is 4.51. The van der Waals surface area contributed by atoms with E-state index in [1.807, 2.05) is 0 Å². The zero-order chi connectivity index (χ0) is 14.7. The molecule has 0 radical (unpaired) electrons. The standard InChI is InChI=1S/C12H14ClN3O4/c13-11-10(16(19)20)9(4-5-14-11)12(18)15-7-2-1-3-8(17)6-7/h4-5,7-8,17H,1-3,6H2,(H,15,18). The summed E-state index contributed by atoms with van der Waals surface area (Å²) in [6, 6.07) is 1.08. The van der Waals surface area contributed by atoms with E-state index < -0.39 is 22.6 Å². The first kappa shape index (κ1) is 14.7. The summed E-state index contributed by atoms with van der Waals surface area (Å²) >= 11 is 5.66. The summed E-state index contributed by atoms with van der Waals surface area (Å²) in [6.45, 7) is 0. The molecule has 1 aromatic rings. The maximum atomic E-state index is 12.1. The van der Waals surface area contributed by atoms with Crippen LogP contribution in [-0.4, -0.2) is 33.1 Å². The number of nitrogens with one attached hydrogen (secondary N) is 1. The first-order valence-electron chi connectivity index (χ1n) is 6.27.